The molecule has 0 radical (unpaired) electrons. The van der Waals surface area contributed by atoms with Gasteiger partial charge in [0.25, 0.3) is 0 Å². The summed E-state index contributed by atoms with van der Waals surface area (Å²) in [6.07, 6.45) is 0. The summed E-state index contributed by atoms with van der Waals surface area (Å²) < 4.78 is 25.5. The third kappa shape index (κ3) is 5.03. The Kier molecular flexibility index (Phi) is 7.39. The van der Waals surface area contributed by atoms with Crippen LogP contribution in [0.4, 0.5) is 4.39 Å². The molecular formula is C27H23ClFNO3S. The topological polar surface area (TPSA) is 48.4 Å². The number of esters is 1. The molecule has 0 saturated carbocycles. The van der Waals surface area contributed by atoms with Crippen molar-refractivity contribution in [1.82, 2.24) is 4.98 Å². The molecule has 0 aliphatic rings. The summed E-state index contributed by atoms with van der Waals surface area (Å²) >= 11 is 7.62. The Hall–Kier alpha value is -3.09. The normalized spacial score (nSPS) is 11.0. The number of nitrogens with zero attached hydrogens (tertiary/aromatic N) is 1. The van der Waals surface area contributed by atoms with Gasteiger partial charge in [0, 0.05) is 16.7 Å². The fraction of sp³-hybridized carbons (Fsp3) is 0.185. The average Bonchev–Trinajstić information content (AvgIpc) is 2.83. The maximum absolute atomic E-state index is 14.4. The molecule has 0 N–H and O–H groups in total. The smallest absolute Gasteiger partial charge is 0.344 e. The van der Waals surface area contributed by atoms with Gasteiger partial charge in [-0.25, -0.2) is 14.2 Å². The summed E-state index contributed by atoms with van der Waals surface area (Å²) in [5.41, 5.74) is 4.55. The highest BCUT2D eigenvalue weighted by molar-refractivity contribution is 7.98. The van der Waals surface area contributed by atoms with Crippen LogP contribution in [-0.4, -0.2) is 18.1 Å². The van der Waals surface area contributed by atoms with E-state index in [2.05, 4.69) is 25.1 Å². The quantitative estimate of drug-likeness (QED) is 0.199. The number of hydrogen-bond donors (Lipinski definition) is 0. The number of fused-ring (bicyclic) bond motifs is 1. The van der Waals surface area contributed by atoms with E-state index in [4.69, 9.17) is 26.1 Å². The number of halogens is 2. The average molecular weight is 496 g/mol. The fourth-order valence-electron chi connectivity index (χ4n) is 3.61. The molecule has 0 spiro atoms. The first-order valence-corrected chi connectivity index (χ1v) is 12.0. The van der Waals surface area contributed by atoms with Gasteiger partial charge in [-0.15, -0.1) is 11.8 Å². The highest BCUT2D eigenvalue weighted by Crippen LogP contribution is 2.38. The Balaban J connectivity index is 1.79. The molecule has 0 aliphatic heterocycles. The largest absolute Gasteiger partial charge is 0.487 e. The van der Waals surface area contributed by atoms with Gasteiger partial charge >= 0.3 is 5.97 Å². The zero-order chi connectivity index (χ0) is 24.2. The van der Waals surface area contributed by atoms with E-state index >= 15 is 0 Å². The van der Waals surface area contributed by atoms with Crippen LogP contribution in [0.15, 0.2) is 65.7 Å². The first kappa shape index (κ1) is 24.0. The highest BCUT2D eigenvalue weighted by Gasteiger charge is 2.24. The maximum Gasteiger partial charge on any atom is 0.344 e. The van der Waals surface area contributed by atoms with Crippen molar-refractivity contribution in [1.29, 1.82) is 0 Å². The Bertz CT molecular complexity index is 1360. The SMILES string of the molecule is COC(=O)c1c(SCc2cc(C)ccc2C)nc2ccccc2c1OCc1c(F)cccc1Cl. The molecule has 4 nitrogen and oxygen atoms in total. The number of thioether (sulfide) groups is 1. The van der Waals surface area contributed by atoms with Crippen LogP contribution in [0.1, 0.15) is 32.6 Å². The van der Waals surface area contributed by atoms with E-state index in [9.17, 15) is 9.18 Å². The van der Waals surface area contributed by atoms with Crippen molar-refractivity contribution >= 4 is 40.2 Å². The van der Waals surface area contributed by atoms with Crippen LogP contribution in [0.3, 0.4) is 0 Å². The number of ether oxygens (including phenoxy) is 2. The van der Waals surface area contributed by atoms with Crippen LogP contribution in [0.25, 0.3) is 10.9 Å². The van der Waals surface area contributed by atoms with Crippen molar-refractivity contribution < 1.29 is 18.7 Å². The zero-order valence-corrected chi connectivity index (χ0v) is 20.6. The van der Waals surface area contributed by atoms with Gasteiger partial charge in [0.05, 0.1) is 17.6 Å². The summed E-state index contributed by atoms with van der Waals surface area (Å²) in [5, 5.41) is 1.37. The van der Waals surface area contributed by atoms with Gasteiger partial charge in [-0.3, -0.25) is 0 Å². The predicted octanol–water partition coefficient (Wildman–Crippen LogP) is 7.30. The molecule has 4 aromatic rings. The molecule has 0 fully saturated rings. The van der Waals surface area contributed by atoms with Crippen LogP contribution in [-0.2, 0) is 17.1 Å². The molecule has 0 bridgehead atoms. The number of para-hydroxylation sites is 1. The minimum Gasteiger partial charge on any atom is -0.487 e. The molecule has 0 amide bonds. The molecule has 0 aliphatic carbocycles. The number of aryl methyl sites for hydroxylation is 2. The second-order valence-electron chi connectivity index (χ2n) is 7.84. The standard InChI is InChI=1S/C27H23ClFNO3S/c1-16-11-12-17(2)18(13-16)15-34-26-24(27(31)32-3)25(19-7-4-5-10-23(19)30-26)33-14-20-21(28)8-6-9-22(20)29/h4-13H,14-15H2,1-3H3. The molecule has 0 unspecified atom stereocenters. The zero-order valence-electron chi connectivity index (χ0n) is 19.0. The van der Waals surface area contributed by atoms with E-state index in [1.807, 2.05) is 31.2 Å². The monoisotopic (exact) mass is 495 g/mol. The van der Waals surface area contributed by atoms with Crippen LogP contribution >= 0.6 is 23.4 Å². The van der Waals surface area contributed by atoms with Crippen LogP contribution in [0, 0.1) is 19.7 Å². The molecule has 1 heterocycles. The lowest BCUT2D eigenvalue weighted by molar-refractivity contribution is 0.0590. The summed E-state index contributed by atoms with van der Waals surface area (Å²) in [7, 11) is 1.31. The predicted molar refractivity (Wildman–Crippen MR) is 134 cm³/mol. The third-order valence-electron chi connectivity index (χ3n) is 5.49. The number of carbonyl (C=O) groups excluding carboxylic acids is 1. The Morgan fingerprint density at radius 2 is 1.88 bits per heavy atom. The van der Waals surface area contributed by atoms with Gasteiger partial charge in [-0.1, -0.05) is 53.6 Å². The lowest BCUT2D eigenvalue weighted by atomic mass is 10.1. The number of pyridine rings is 1. The lowest BCUT2D eigenvalue weighted by Crippen LogP contribution is -2.10. The Morgan fingerprint density at radius 3 is 2.65 bits per heavy atom. The molecule has 3 aromatic carbocycles. The molecule has 0 atom stereocenters. The van der Waals surface area contributed by atoms with Gasteiger partial charge < -0.3 is 9.47 Å². The maximum atomic E-state index is 14.4. The van der Waals surface area contributed by atoms with Crippen molar-refractivity contribution in [2.45, 2.75) is 31.2 Å². The van der Waals surface area contributed by atoms with Crippen molar-refractivity contribution in [3.63, 3.8) is 0 Å². The third-order valence-corrected chi connectivity index (χ3v) is 6.87. The number of rotatable bonds is 7. The van der Waals surface area contributed by atoms with E-state index < -0.39 is 11.8 Å². The van der Waals surface area contributed by atoms with Gasteiger partial charge in [-0.2, -0.15) is 0 Å². The minimum absolute atomic E-state index is 0.148. The minimum atomic E-state index is -0.573. The van der Waals surface area contributed by atoms with Crippen molar-refractivity contribution in [2.75, 3.05) is 7.11 Å². The van der Waals surface area contributed by atoms with Crippen LogP contribution in [0.2, 0.25) is 5.02 Å². The molecule has 1 aromatic heterocycles. The van der Waals surface area contributed by atoms with Crippen molar-refractivity contribution in [2.24, 2.45) is 0 Å². The van der Waals surface area contributed by atoms with Gasteiger partial charge in [0.1, 0.15) is 28.8 Å². The first-order chi connectivity index (χ1) is 16.4. The first-order valence-electron chi connectivity index (χ1n) is 10.6. The number of hydrogen-bond acceptors (Lipinski definition) is 5. The second-order valence-corrected chi connectivity index (χ2v) is 9.21. The van der Waals surface area contributed by atoms with Crippen LogP contribution < -0.4 is 4.74 Å². The number of carbonyl (C=O) groups is 1. The van der Waals surface area contributed by atoms with E-state index in [-0.39, 0.29) is 22.8 Å². The van der Waals surface area contributed by atoms with Crippen LogP contribution in [0.5, 0.6) is 5.75 Å². The van der Waals surface area contributed by atoms with Crippen molar-refractivity contribution in [3.8, 4) is 5.75 Å². The summed E-state index contributed by atoms with van der Waals surface area (Å²) in [5.74, 6) is -0.145. The summed E-state index contributed by atoms with van der Waals surface area (Å²) in [6, 6.07) is 18.1. The Morgan fingerprint density at radius 1 is 1.09 bits per heavy atom. The fourth-order valence-corrected chi connectivity index (χ4v) is 4.92. The summed E-state index contributed by atoms with van der Waals surface area (Å²) in [4.78, 5) is 17.7. The molecule has 174 valence electrons. The van der Waals surface area contributed by atoms with E-state index in [0.29, 0.717) is 27.4 Å². The lowest BCUT2D eigenvalue weighted by Gasteiger charge is -2.17. The highest BCUT2D eigenvalue weighted by atomic mass is 35.5. The van der Waals surface area contributed by atoms with E-state index in [1.54, 1.807) is 6.07 Å². The second kappa shape index (κ2) is 10.5. The molecule has 0 saturated heterocycles. The Labute approximate surface area is 207 Å². The van der Waals surface area contributed by atoms with Gasteiger partial charge in [0.15, 0.2) is 0 Å². The molecule has 7 heteroatoms. The molecular weight excluding hydrogens is 473 g/mol. The number of benzene rings is 3. The van der Waals surface area contributed by atoms with Crippen molar-refractivity contribution in [3.05, 3.63) is 99.3 Å². The number of methoxy groups -OCH3 is 1. The van der Waals surface area contributed by atoms with Gasteiger partial charge in [-0.05, 0) is 49.2 Å². The molecule has 4 rings (SSSR count). The van der Waals surface area contributed by atoms with E-state index in [1.165, 1.54) is 31.0 Å². The van der Waals surface area contributed by atoms with E-state index in [0.717, 1.165) is 16.7 Å². The van der Waals surface area contributed by atoms with Gasteiger partial charge in [0.2, 0.25) is 0 Å². The number of aromatic nitrogens is 1. The molecule has 34 heavy (non-hydrogen) atoms. The summed E-state index contributed by atoms with van der Waals surface area (Å²) in [6.45, 7) is 3.95.